The second kappa shape index (κ2) is 4.26. The fourth-order valence-electron chi connectivity index (χ4n) is 0.999. The Morgan fingerprint density at radius 2 is 2.33 bits per heavy atom. The van der Waals surface area contributed by atoms with E-state index in [0.717, 1.165) is 10.0 Å². The van der Waals surface area contributed by atoms with Crippen LogP contribution in [0.2, 0.25) is 0 Å². The molecule has 1 aromatic rings. The standard InChI is InChI=1S/C9H10BrNO/c1-7-2-3-9(10)8(6-7)4-5-11-12/h2-3,5-6,12H,4H2,1H3/b11-5+. The van der Waals surface area contributed by atoms with Crippen molar-refractivity contribution >= 4 is 22.1 Å². The Labute approximate surface area is 80.0 Å². The summed E-state index contributed by atoms with van der Waals surface area (Å²) in [5.41, 5.74) is 2.34. The summed E-state index contributed by atoms with van der Waals surface area (Å²) >= 11 is 3.42. The lowest BCUT2D eigenvalue weighted by atomic mass is 10.1. The number of nitrogens with zero attached hydrogens (tertiary/aromatic N) is 1. The molecular weight excluding hydrogens is 218 g/mol. The molecule has 0 aromatic heterocycles. The third kappa shape index (κ3) is 2.34. The van der Waals surface area contributed by atoms with E-state index < -0.39 is 0 Å². The Hall–Kier alpha value is -0.830. The minimum atomic E-state index is 0.652. The van der Waals surface area contributed by atoms with Crippen LogP contribution in [0.15, 0.2) is 27.8 Å². The minimum Gasteiger partial charge on any atom is -0.411 e. The maximum Gasteiger partial charge on any atom is 0.0480 e. The Morgan fingerprint density at radius 1 is 1.58 bits per heavy atom. The molecule has 1 rings (SSSR count). The van der Waals surface area contributed by atoms with E-state index in [1.54, 1.807) is 0 Å². The molecule has 0 amide bonds. The van der Waals surface area contributed by atoms with Gasteiger partial charge in [0, 0.05) is 17.1 Å². The lowest BCUT2D eigenvalue weighted by molar-refractivity contribution is 0.321. The summed E-state index contributed by atoms with van der Waals surface area (Å²) in [6.07, 6.45) is 2.12. The van der Waals surface area contributed by atoms with Gasteiger partial charge in [-0.2, -0.15) is 0 Å². The Bertz CT molecular complexity index is 297. The van der Waals surface area contributed by atoms with Gasteiger partial charge < -0.3 is 5.21 Å². The largest absolute Gasteiger partial charge is 0.411 e. The second-order valence-electron chi connectivity index (χ2n) is 2.60. The summed E-state index contributed by atoms with van der Waals surface area (Å²) < 4.78 is 1.05. The van der Waals surface area contributed by atoms with Crippen molar-refractivity contribution in [3.63, 3.8) is 0 Å². The van der Waals surface area contributed by atoms with Gasteiger partial charge in [0.1, 0.15) is 0 Å². The van der Waals surface area contributed by atoms with Gasteiger partial charge in [0.05, 0.1) is 0 Å². The van der Waals surface area contributed by atoms with Gasteiger partial charge in [-0.3, -0.25) is 0 Å². The quantitative estimate of drug-likeness (QED) is 0.471. The van der Waals surface area contributed by atoms with E-state index in [-0.39, 0.29) is 0 Å². The Morgan fingerprint density at radius 3 is 3.00 bits per heavy atom. The first-order valence-electron chi connectivity index (χ1n) is 3.65. The smallest absolute Gasteiger partial charge is 0.0480 e. The molecule has 1 aromatic carbocycles. The van der Waals surface area contributed by atoms with Crippen molar-refractivity contribution in [3.05, 3.63) is 33.8 Å². The average molecular weight is 228 g/mol. The third-order valence-electron chi connectivity index (χ3n) is 1.59. The summed E-state index contributed by atoms with van der Waals surface area (Å²) in [6, 6.07) is 6.09. The highest BCUT2D eigenvalue weighted by molar-refractivity contribution is 9.10. The highest BCUT2D eigenvalue weighted by atomic mass is 79.9. The molecule has 0 aliphatic heterocycles. The van der Waals surface area contributed by atoms with Crippen molar-refractivity contribution < 1.29 is 5.21 Å². The van der Waals surface area contributed by atoms with Crippen LogP contribution in [-0.4, -0.2) is 11.4 Å². The number of oxime groups is 1. The molecule has 0 fully saturated rings. The molecule has 0 saturated carbocycles. The number of hydrogen-bond acceptors (Lipinski definition) is 2. The molecule has 1 N–H and O–H groups in total. The Kier molecular flexibility index (Phi) is 3.29. The van der Waals surface area contributed by atoms with Crippen LogP contribution in [0.3, 0.4) is 0 Å². The van der Waals surface area contributed by atoms with E-state index in [9.17, 15) is 0 Å². The summed E-state index contributed by atoms with van der Waals surface area (Å²) in [7, 11) is 0. The molecule has 0 atom stereocenters. The highest BCUT2D eigenvalue weighted by Crippen LogP contribution is 2.17. The van der Waals surface area contributed by atoms with Crippen molar-refractivity contribution in [2.45, 2.75) is 13.3 Å². The topological polar surface area (TPSA) is 32.6 Å². The van der Waals surface area contributed by atoms with Crippen molar-refractivity contribution in [1.82, 2.24) is 0 Å². The molecule has 3 heteroatoms. The number of benzene rings is 1. The maximum absolute atomic E-state index is 8.24. The molecular formula is C9H10BrNO. The average Bonchev–Trinajstić information content (AvgIpc) is 2.07. The van der Waals surface area contributed by atoms with E-state index in [2.05, 4.69) is 27.2 Å². The number of rotatable bonds is 2. The van der Waals surface area contributed by atoms with E-state index in [1.807, 2.05) is 19.1 Å². The van der Waals surface area contributed by atoms with Crippen LogP contribution in [0, 0.1) is 6.92 Å². The van der Waals surface area contributed by atoms with Gasteiger partial charge in [0.2, 0.25) is 0 Å². The molecule has 12 heavy (non-hydrogen) atoms. The van der Waals surface area contributed by atoms with E-state index >= 15 is 0 Å². The molecule has 0 unspecified atom stereocenters. The third-order valence-corrected chi connectivity index (χ3v) is 2.37. The fraction of sp³-hybridized carbons (Fsp3) is 0.222. The van der Waals surface area contributed by atoms with Crippen LogP contribution >= 0.6 is 15.9 Å². The highest BCUT2D eigenvalue weighted by Gasteiger charge is 1.97. The maximum atomic E-state index is 8.24. The van der Waals surface area contributed by atoms with E-state index in [1.165, 1.54) is 11.8 Å². The van der Waals surface area contributed by atoms with Gasteiger partial charge >= 0.3 is 0 Å². The molecule has 0 radical (unpaired) electrons. The minimum absolute atomic E-state index is 0.652. The van der Waals surface area contributed by atoms with Crippen molar-refractivity contribution in [2.75, 3.05) is 0 Å². The van der Waals surface area contributed by atoms with Crippen LogP contribution in [-0.2, 0) is 6.42 Å². The molecule has 0 heterocycles. The van der Waals surface area contributed by atoms with Crippen LogP contribution in [0.25, 0.3) is 0 Å². The molecule has 64 valence electrons. The zero-order chi connectivity index (χ0) is 8.97. The first-order chi connectivity index (χ1) is 5.74. The number of hydrogen-bond donors (Lipinski definition) is 1. The van der Waals surface area contributed by atoms with Gasteiger partial charge in [0.15, 0.2) is 0 Å². The van der Waals surface area contributed by atoms with Crippen molar-refractivity contribution in [1.29, 1.82) is 0 Å². The SMILES string of the molecule is Cc1ccc(Br)c(C/C=N/O)c1. The summed E-state index contributed by atoms with van der Waals surface area (Å²) in [5.74, 6) is 0. The zero-order valence-electron chi connectivity index (χ0n) is 6.79. The number of aryl methyl sites for hydroxylation is 1. The summed E-state index contributed by atoms with van der Waals surface area (Å²) in [5, 5.41) is 11.2. The van der Waals surface area contributed by atoms with Crippen LogP contribution in [0.5, 0.6) is 0 Å². The van der Waals surface area contributed by atoms with E-state index in [0.29, 0.717) is 6.42 Å². The van der Waals surface area contributed by atoms with Gasteiger partial charge in [-0.05, 0) is 18.6 Å². The van der Waals surface area contributed by atoms with Gasteiger partial charge in [-0.1, -0.05) is 33.6 Å². The van der Waals surface area contributed by atoms with Gasteiger partial charge in [-0.25, -0.2) is 0 Å². The first-order valence-corrected chi connectivity index (χ1v) is 4.44. The normalized spacial score (nSPS) is 10.8. The van der Waals surface area contributed by atoms with Crippen LogP contribution < -0.4 is 0 Å². The monoisotopic (exact) mass is 227 g/mol. The lowest BCUT2D eigenvalue weighted by Gasteiger charge is -2.01. The molecule has 0 bridgehead atoms. The van der Waals surface area contributed by atoms with E-state index in [4.69, 9.17) is 5.21 Å². The van der Waals surface area contributed by atoms with Gasteiger partial charge in [-0.15, -0.1) is 5.16 Å². The van der Waals surface area contributed by atoms with Gasteiger partial charge in [0.25, 0.3) is 0 Å². The summed E-state index contributed by atoms with van der Waals surface area (Å²) in [6.45, 7) is 2.03. The molecule has 0 spiro atoms. The van der Waals surface area contributed by atoms with Crippen LogP contribution in [0.1, 0.15) is 11.1 Å². The Balaban J connectivity index is 2.89. The first kappa shape index (κ1) is 9.26. The van der Waals surface area contributed by atoms with Crippen molar-refractivity contribution in [2.24, 2.45) is 5.16 Å². The lowest BCUT2D eigenvalue weighted by Crippen LogP contribution is -1.88. The molecule has 0 aliphatic carbocycles. The fourth-order valence-corrected chi connectivity index (χ4v) is 1.41. The van der Waals surface area contributed by atoms with Crippen molar-refractivity contribution in [3.8, 4) is 0 Å². The predicted molar refractivity (Wildman–Crippen MR) is 52.9 cm³/mol. The predicted octanol–water partition coefficient (Wildman–Crippen LogP) is 2.76. The van der Waals surface area contributed by atoms with Crippen LogP contribution in [0.4, 0.5) is 0 Å². The second-order valence-corrected chi connectivity index (χ2v) is 3.45. The summed E-state index contributed by atoms with van der Waals surface area (Å²) in [4.78, 5) is 0. The molecule has 2 nitrogen and oxygen atoms in total. The number of halogens is 1. The zero-order valence-corrected chi connectivity index (χ0v) is 8.37. The molecule has 0 saturated heterocycles. The molecule has 0 aliphatic rings.